The number of aromatic nitrogens is 4. The monoisotopic (exact) mass is 665 g/mol. The van der Waals surface area contributed by atoms with E-state index in [1.165, 1.54) is 25.6 Å². The molecular formula is C28H34F2N7O8P. The number of hydrogen-bond acceptors (Lipinski definition) is 11. The molecule has 18 heteroatoms. The summed E-state index contributed by atoms with van der Waals surface area (Å²) in [6.07, 6.45) is 1.78. The van der Waals surface area contributed by atoms with Crippen LogP contribution >= 0.6 is 7.82 Å². The van der Waals surface area contributed by atoms with Gasteiger partial charge in [0.1, 0.15) is 12.1 Å². The summed E-state index contributed by atoms with van der Waals surface area (Å²) in [6.45, 7) is 2.05. The summed E-state index contributed by atoms with van der Waals surface area (Å²) in [6, 6.07) is 8.52. The molecule has 0 radical (unpaired) electrons. The molecule has 0 spiro atoms. The minimum atomic E-state index is -4.54. The van der Waals surface area contributed by atoms with E-state index in [1.54, 1.807) is 25.3 Å². The molecule has 0 unspecified atom stereocenters. The summed E-state index contributed by atoms with van der Waals surface area (Å²) in [5.74, 6) is -1.13. The van der Waals surface area contributed by atoms with Crippen LogP contribution in [0.3, 0.4) is 0 Å². The van der Waals surface area contributed by atoms with Crippen molar-refractivity contribution in [2.75, 3.05) is 64.3 Å². The number of amides is 1. The Morgan fingerprint density at radius 1 is 1.04 bits per heavy atom. The lowest BCUT2D eigenvalue weighted by molar-refractivity contribution is -0.115. The van der Waals surface area contributed by atoms with Gasteiger partial charge < -0.3 is 34.6 Å². The number of ether oxygens (including phenoxy) is 3. The lowest BCUT2D eigenvalue weighted by Crippen LogP contribution is -2.32. The van der Waals surface area contributed by atoms with Crippen molar-refractivity contribution in [3.63, 3.8) is 0 Å². The molecular weight excluding hydrogens is 631 g/mol. The van der Waals surface area contributed by atoms with Crippen LogP contribution in [0, 0.1) is 11.6 Å². The number of H-pyrrole nitrogens is 1. The van der Waals surface area contributed by atoms with Crippen molar-refractivity contribution in [1.29, 1.82) is 0 Å². The SMILES string of the molecule is COCCN(CCCOc1cc2ncnc(Nc3cc(CC(=O)Nc4cccc(F)c4F)[nH]n3)c2cc1OC)CCOP(=O)(O)O. The van der Waals surface area contributed by atoms with Gasteiger partial charge in [0.2, 0.25) is 5.91 Å². The molecule has 2 aromatic heterocycles. The van der Waals surface area contributed by atoms with Gasteiger partial charge in [0, 0.05) is 50.0 Å². The second-order valence-corrected chi connectivity index (χ2v) is 11.1. The standard InChI is InChI=1S/C28H34F2N7O8P/c1-42-11-8-37(9-12-45-46(39,40)41)7-4-10-44-24-16-22-19(15-23(24)43-2)28(32-17-31-22)34-25-13-18(35-36-25)14-26(38)33-21-6-3-5-20(29)27(21)30/h3,5-6,13,15-17H,4,7-12,14H2,1-2H3,(H,33,38)(H2,39,40,41)(H2,31,32,34,35,36). The molecule has 0 aliphatic carbocycles. The van der Waals surface area contributed by atoms with Crippen LogP contribution in [-0.4, -0.2) is 94.4 Å². The van der Waals surface area contributed by atoms with Crippen LogP contribution in [0.2, 0.25) is 0 Å². The van der Waals surface area contributed by atoms with Crippen molar-refractivity contribution in [1.82, 2.24) is 25.1 Å². The topological polar surface area (TPSA) is 193 Å². The van der Waals surface area contributed by atoms with Gasteiger partial charge in [0.15, 0.2) is 29.0 Å². The molecule has 0 aliphatic heterocycles. The van der Waals surface area contributed by atoms with E-state index in [-0.39, 0.29) is 18.7 Å². The van der Waals surface area contributed by atoms with E-state index in [0.29, 0.717) is 79.0 Å². The Kier molecular flexibility index (Phi) is 12.3. The van der Waals surface area contributed by atoms with Crippen LogP contribution in [0.1, 0.15) is 12.1 Å². The summed E-state index contributed by atoms with van der Waals surface area (Å²) in [5.41, 5.74) is 0.707. The zero-order valence-electron chi connectivity index (χ0n) is 25.0. The third-order valence-corrected chi connectivity index (χ3v) is 7.05. The number of fused-ring (bicyclic) bond motifs is 1. The fourth-order valence-corrected chi connectivity index (χ4v) is 4.68. The molecule has 0 saturated carbocycles. The molecule has 15 nitrogen and oxygen atoms in total. The van der Waals surface area contributed by atoms with Crippen LogP contribution in [0.25, 0.3) is 10.9 Å². The first-order valence-corrected chi connectivity index (χ1v) is 15.5. The van der Waals surface area contributed by atoms with Crippen molar-refractivity contribution >= 4 is 42.0 Å². The van der Waals surface area contributed by atoms with Crippen LogP contribution < -0.4 is 20.1 Å². The van der Waals surface area contributed by atoms with Crippen molar-refractivity contribution in [2.24, 2.45) is 0 Å². The maximum absolute atomic E-state index is 13.9. The largest absolute Gasteiger partial charge is 0.493 e. The number of hydrogen-bond donors (Lipinski definition) is 5. The summed E-state index contributed by atoms with van der Waals surface area (Å²) in [4.78, 5) is 40.8. The minimum absolute atomic E-state index is 0.129. The van der Waals surface area contributed by atoms with Gasteiger partial charge in [-0.05, 0) is 24.6 Å². The number of halogens is 2. The van der Waals surface area contributed by atoms with Crippen LogP contribution in [0.4, 0.5) is 26.1 Å². The van der Waals surface area contributed by atoms with Crippen LogP contribution in [0.5, 0.6) is 11.5 Å². The summed E-state index contributed by atoms with van der Waals surface area (Å²) < 4.78 is 59.5. The molecule has 1 amide bonds. The first-order valence-electron chi connectivity index (χ1n) is 14.0. The molecule has 2 heterocycles. The molecule has 4 aromatic rings. The molecule has 0 saturated heterocycles. The summed E-state index contributed by atoms with van der Waals surface area (Å²) in [5, 5.41) is 12.9. The van der Waals surface area contributed by atoms with Gasteiger partial charge in [-0.15, -0.1) is 0 Å². The predicted octanol–water partition coefficient (Wildman–Crippen LogP) is 3.39. The maximum Gasteiger partial charge on any atom is 0.469 e. The van der Waals surface area contributed by atoms with Gasteiger partial charge in [-0.25, -0.2) is 23.3 Å². The highest BCUT2D eigenvalue weighted by Crippen LogP contribution is 2.36. The average molecular weight is 666 g/mol. The van der Waals surface area contributed by atoms with Crippen molar-refractivity contribution in [3.05, 3.63) is 60.1 Å². The van der Waals surface area contributed by atoms with Crippen molar-refractivity contribution in [3.8, 4) is 11.5 Å². The fourth-order valence-electron chi connectivity index (χ4n) is 4.36. The molecule has 0 atom stereocenters. The second kappa shape index (κ2) is 16.4. The highest BCUT2D eigenvalue weighted by atomic mass is 31.2. The van der Waals surface area contributed by atoms with Crippen LogP contribution in [-0.2, 0) is 25.0 Å². The van der Waals surface area contributed by atoms with E-state index < -0.39 is 25.4 Å². The summed E-state index contributed by atoms with van der Waals surface area (Å²) in [7, 11) is -1.47. The number of phosphoric ester groups is 1. The number of carbonyl (C=O) groups excluding carboxylic acids is 1. The number of nitrogens with zero attached hydrogens (tertiary/aromatic N) is 4. The zero-order chi connectivity index (χ0) is 33.1. The number of anilines is 3. The van der Waals surface area contributed by atoms with Gasteiger partial charge in [-0.2, -0.15) is 5.10 Å². The summed E-state index contributed by atoms with van der Waals surface area (Å²) >= 11 is 0. The van der Waals surface area contributed by atoms with Gasteiger partial charge in [-0.1, -0.05) is 6.07 Å². The number of phosphoric acid groups is 1. The van der Waals surface area contributed by atoms with E-state index in [0.717, 1.165) is 6.07 Å². The first kappa shape index (κ1) is 34.6. The number of carbonyl (C=O) groups is 1. The predicted molar refractivity (Wildman–Crippen MR) is 163 cm³/mol. The Labute approximate surface area is 262 Å². The van der Waals surface area contributed by atoms with E-state index >= 15 is 0 Å². The maximum atomic E-state index is 13.9. The van der Waals surface area contributed by atoms with Crippen molar-refractivity contribution in [2.45, 2.75) is 12.8 Å². The number of rotatable bonds is 18. The van der Waals surface area contributed by atoms with E-state index in [2.05, 4.69) is 35.3 Å². The molecule has 0 bridgehead atoms. The number of nitrogens with one attached hydrogen (secondary N) is 3. The Balaban J connectivity index is 1.36. The number of benzene rings is 2. The molecule has 248 valence electrons. The van der Waals surface area contributed by atoms with E-state index in [9.17, 15) is 18.1 Å². The third kappa shape index (κ3) is 10.1. The van der Waals surface area contributed by atoms with Gasteiger partial charge in [-0.3, -0.25) is 19.3 Å². The van der Waals surface area contributed by atoms with Gasteiger partial charge >= 0.3 is 7.82 Å². The van der Waals surface area contributed by atoms with Gasteiger partial charge in [0.25, 0.3) is 0 Å². The Morgan fingerprint density at radius 2 is 1.85 bits per heavy atom. The molecule has 0 fully saturated rings. The second-order valence-electron chi connectivity index (χ2n) is 9.83. The highest BCUT2D eigenvalue weighted by molar-refractivity contribution is 7.46. The normalized spacial score (nSPS) is 11.6. The average Bonchev–Trinajstić information content (AvgIpc) is 3.45. The van der Waals surface area contributed by atoms with E-state index in [4.69, 9.17) is 24.0 Å². The van der Waals surface area contributed by atoms with E-state index in [1.807, 2.05) is 4.90 Å². The quantitative estimate of drug-likeness (QED) is 0.0768. The molecule has 0 aliphatic rings. The number of aromatic amines is 1. The van der Waals surface area contributed by atoms with Crippen LogP contribution in [0.15, 0.2) is 42.7 Å². The van der Waals surface area contributed by atoms with Gasteiger partial charge in [0.05, 0.1) is 44.6 Å². The molecule has 2 aromatic carbocycles. The molecule has 5 N–H and O–H groups in total. The fraction of sp³-hybridized carbons (Fsp3) is 0.357. The molecule has 46 heavy (non-hydrogen) atoms. The lowest BCUT2D eigenvalue weighted by atomic mass is 10.2. The Morgan fingerprint density at radius 3 is 2.61 bits per heavy atom. The smallest absolute Gasteiger partial charge is 0.469 e. The minimum Gasteiger partial charge on any atom is -0.493 e. The zero-order valence-corrected chi connectivity index (χ0v) is 25.9. The molecule has 4 rings (SSSR count). The van der Waals surface area contributed by atoms with Crippen molar-refractivity contribution < 1.29 is 46.7 Å². The lowest BCUT2D eigenvalue weighted by Gasteiger charge is -2.22. The third-order valence-electron chi connectivity index (χ3n) is 6.53. The number of methoxy groups -OCH3 is 2. The highest BCUT2D eigenvalue weighted by Gasteiger charge is 2.17. The first-order chi connectivity index (χ1) is 22.1. The Bertz CT molecular complexity index is 1670. The Hall–Kier alpha value is -4.25.